The summed E-state index contributed by atoms with van der Waals surface area (Å²) in [5.41, 5.74) is 0. The molecule has 0 saturated carbocycles. The molecule has 4 heterocycles. The maximum Gasteiger partial charge on any atom is 0.251 e. The van der Waals surface area contributed by atoms with E-state index in [0.29, 0.717) is 61.6 Å². The van der Waals surface area contributed by atoms with Crippen LogP contribution in [0.4, 0.5) is 5.82 Å². The lowest BCUT2D eigenvalue weighted by Gasteiger charge is -2.28. The molecule has 2 amide bonds. The number of nitrogens with zero attached hydrogens (tertiary/aromatic N) is 3. The van der Waals surface area contributed by atoms with Crippen LogP contribution in [-0.2, 0) is 25.6 Å². The molecule has 5 rings (SSSR count). The van der Waals surface area contributed by atoms with Gasteiger partial charge in [0.15, 0.2) is 23.1 Å². The first kappa shape index (κ1) is 26.1. The van der Waals surface area contributed by atoms with Gasteiger partial charge in [0, 0.05) is 24.4 Å². The Balaban J connectivity index is 1.21. The van der Waals surface area contributed by atoms with Gasteiger partial charge >= 0.3 is 0 Å². The number of benzene rings is 1. The van der Waals surface area contributed by atoms with E-state index in [2.05, 4.69) is 10.4 Å². The van der Waals surface area contributed by atoms with Crippen molar-refractivity contribution in [2.24, 2.45) is 5.92 Å². The van der Waals surface area contributed by atoms with E-state index < -0.39 is 11.8 Å². The summed E-state index contributed by atoms with van der Waals surface area (Å²) < 4.78 is 30.3. The van der Waals surface area contributed by atoms with Crippen molar-refractivity contribution < 1.29 is 33.3 Å². The zero-order chi connectivity index (χ0) is 26.9. The van der Waals surface area contributed by atoms with Crippen molar-refractivity contribution in [1.29, 1.82) is 0 Å². The Morgan fingerprint density at radius 2 is 2.00 bits per heavy atom. The highest BCUT2D eigenvalue weighted by Crippen LogP contribution is 2.34. The molecule has 3 aliphatic heterocycles. The van der Waals surface area contributed by atoms with Gasteiger partial charge in [-0.15, -0.1) is 0 Å². The zero-order valence-corrected chi connectivity index (χ0v) is 22.1. The predicted octanol–water partition coefficient (Wildman–Crippen LogP) is 2.96. The number of hydrogen-bond donors (Lipinski definition) is 1. The van der Waals surface area contributed by atoms with Gasteiger partial charge in [-0.1, -0.05) is 13.8 Å². The highest BCUT2D eigenvalue weighted by molar-refractivity contribution is 5.99. The number of aromatic nitrogens is 2. The number of anilines is 1. The van der Waals surface area contributed by atoms with Crippen LogP contribution < -0.4 is 19.5 Å². The number of ether oxygens (including phenoxy) is 5. The molecular weight excluding hydrogens is 492 g/mol. The summed E-state index contributed by atoms with van der Waals surface area (Å²) in [4.78, 5) is 27.8. The standard InChI is InChI=1S/C27H34N4O7/c1-17(2)11-21(26(33)28-24-7-8-30(29-24)14-20-16-36-27(3,4)38-20)31-15-19(13-25(31)32)37-18-5-6-22-23(12-18)35-10-9-34-22/h5-8,12-13,17,20-21H,9-11,14-16H2,1-4H3,(H,28,29,33)/t20-,21+/m1/s1. The molecule has 11 nitrogen and oxygen atoms in total. The Kier molecular flexibility index (Phi) is 7.31. The van der Waals surface area contributed by atoms with E-state index in [1.165, 1.54) is 11.0 Å². The van der Waals surface area contributed by atoms with Crippen molar-refractivity contribution in [2.45, 2.75) is 58.6 Å². The lowest BCUT2D eigenvalue weighted by Crippen LogP contribution is -2.46. The molecule has 0 spiro atoms. The van der Waals surface area contributed by atoms with Crippen molar-refractivity contribution in [3.05, 3.63) is 42.3 Å². The Morgan fingerprint density at radius 1 is 1.21 bits per heavy atom. The van der Waals surface area contributed by atoms with Crippen LogP contribution in [-0.4, -0.2) is 70.8 Å². The molecule has 2 atom stereocenters. The van der Waals surface area contributed by atoms with E-state index in [1.807, 2.05) is 27.7 Å². The van der Waals surface area contributed by atoms with E-state index in [-0.39, 0.29) is 30.4 Å². The summed E-state index contributed by atoms with van der Waals surface area (Å²) in [6.07, 6.45) is 3.58. The molecule has 1 N–H and O–H groups in total. The molecule has 1 saturated heterocycles. The van der Waals surface area contributed by atoms with Crippen molar-refractivity contribution in [1.82, 2.24) is 14.7 Å². The second kappa shape index (κ2) is 10.7. The average molecular weight is 527 g/mol. The minimum absolute atomic E-state index is 0.122. The predicted molar refractivity (Wildman–Crippen MR) is 137 cm³/mol. The highest BCUT2D eigenvalue weighted by Gasteiger charge is 2.36. The Bertz CT molecular complexity index is 1220. The lowest BCUT2D eigenvalue weighted by atomic mass is 10.0. The Morgan fingerprint density at radius 3 is 2.74 bits per heavy atom. The molecule has 1 fully saturated rings. The van der Waals surface area contributed by atoms with Gasteiger partial charge in [-0.2, -0.15) is 5.10 Å². The molecule has 0 aliphatic carbocycles. The van der Waals surface area contributed by atoms with Crippen LogP contribution >= 0.6 is 0 Å². The third kappa shape index (κ3) is 6.11. The quantitative estimate of drug-likeness (QED) is 0.531. The zero-order valence-electron chi connectivity index (χ0n) is 22.1. The van der Waals surface area contributed by atoms with Crippen molar-refractivity contribution in [3.63, 3.8) is 0 Å². The molecule has 0 unspecified atom stereocenters. The first-order valence-corrected chi connectivity index (χ1v) is 12.9. The lowest BCUT2D eigenvalue weighted by molar-refractivity contribution is -0.139. The monoisotopic (exact) mass is 526 g/mol. The number of carbonyl (C=O) groups excluding carboxylic acids is 2. The van der Waals surface area contributed by atoms with Gasteiger partial charge in [-0.25, -0.2) is 0 Å². The largest absolute Gasteiger partial charge is 0.486 e. The van der Waals surface area contributed by atoms with Crippen molar-refractivity contribution in [2.75, 3.05) is 31.7 Å². The second-order valence-corrected chi connectivity index (χ2v) is 10.5. The van der Waals surface area contributed by atoms with Crippen LogP contribution in [0.5, 0.6) is 17.2 Å². The van der Waals surface area contributed by atoms with Crippen LogP contribution in [0, 0.1) is 5.92 Å². The highest BCUT2D eigenvalue weighted by atomic mass is 16.7. The smallest absolute Gasteiger partial charge is 0.251 e. The molecule has 11 heteroatoms. The minimum Gasteiger partial charge on any atom is -0.486 e. The van der Waals surface area contributed by atoms with E-state index >= 15 is 0 Å². The molecule has 38 heavy (non-hydrogen) atoms. The number of carbonyl (C=O) groups is 2. The van der Waals surface area contributed by atoms with Crippen molar-refractivity contribution in [3.8, 4) is 17.2 Å². The summed E-state index contributed by atoms with van der Waals surface area (Å²) in [6.45, 7) is 9.91. The molecule has 0 radical (unpaired) electrons. The Labute approximate surface area is 221 Å². The van der Waals surface area contributed by atoms with Gasteiger partial charge in [-0.3, -0.25) is 14.3 Å². The van der Waals surface area contributed by atoms with Crippen LogP contribution in [0.15, 0.2) is 42.3 Å². The second-order valence-electron chi connectivity index (χ2n) is 10.5. The number of amides is 2. The van der Waals surface area contributed by atoms with E-state index in [4.69, 9.17) is 23.7 Å². The van der Waals surface area contributed by atoms with E-state index in [9.17, 15) is 9.59 Å². The summed E-state index contributed by atoms with van der Waals surface area (Å²) in [6, 6.07) is 6.32. The SMILES string of the molecule is CC(C)C[C@@H](C(=O)Nc1ccn(C[C@@H]2COC(C)(C)O2)n1)N1CC(Oc2ccc3c(c2)OCCO3)=CC1=O. The third-order valence-corrected chi connectivity index (χ3v) is 6.38. The van der Waals surface area contributed by atoms with Crippen LogP contribution in [0.1, 0.15) is 34.1 Å². The number of rotatable bonds is 9. The summed E-state index contributed by atoms with van der Waals surface area (Å²) in [5.74, 6) is 1.66. The van der Waals surface area contributed by atoms with Gasteiger partial charge in [-0.05, 0) is 38.3 Å². The van der Waals surface area contributed by atoms with Crippen LogP contribution in [0.2, 0.25) is 0 Å². The number of fused-ring (bicyclic) bond motifs is 1. The fraction of sp³-hybridized carbons (Fsp3) is 0.519. The summed E-state index contributed by atoms with van der Waals surface area (Å²) in [7, 11) is 0. The summed E-state index contributed by atoms with van der Waals surface area (Å²) in [5, 5.41) is 7.33. The van der Waals surface area contributed by atoms with Crippen LogP contribution in [0.3, 0.4) is 0 Å². The molecule has 1 aromatic heterocycles. The molecule has 2 aromatic rings. The Hall–Kier alpha value is -3.57. The topological polar surface area (TPSA) is 113 Å². The third-order valence-electron chi connectivity index (χ3n) is 6.38. The van der Waals surface area contributed by atoms with Gasteiger partial charge < -0.3 is 33.9 Å². The maximum atomic E-state index is 13.4. The molecule has 0 bridgehead atoms. The van der Waals surface area contributed by atoms with Gasteiger partial charge in [0.25, 0.3) is 5.91 Å². The number of nitrogens with one attached hydrogen (secondary N) is 1. The number of hydrogen-bond acceptors (Lipinski definition) is 8. The molecule has 204 valence electrons. The average Bonchev–Trinajstić information content (AvgIpc) is 3.55. The molecule has 3 aliphatic rings. The molecular formula is C27H34N4O7. The minimum atomic E-state index is -0.683. The van der Waals surface area contributed by atoms with Crippen LogP contribution in [0.25, 0.3) is 0 Å². The maximum absolute atomic E-state index is 13.4. The normalized spacial score (nSPS) is 21.0. The van der Waals surface area contributed by atoms with Gasteiger partial charge in [0.05, 0.1) is 19.7 Å². The van der Waals surface area contributed by atoms with E-state index in [0.717, 1.165) is 0 Å². The fourth-order valence-corrected chi connectivity index (χ4v) is 4.70. The fourth-order valence-electron chi connectivity index (χ4n) is 4.70. The first-order chi connectivity index (χ1) is 18.1. The van der Waals surface area contributed by atoms with Gasteiger partial charge in [0.1, 0.15) is 36.9 Å². The van der Waals surface area contributed by atoms with Gasteiger partial charge in [0.2, 0.25) is 5.91 Å². The van der Waals surface area contributed by atoms with Crippen molar-refractivity contribution >= 4 is 17.6 Å². The first-order valence-electron chi connectivity index (χ1n) is 12.9. The summed E-state index contributed by atoms with van der Waals surface area (Å²) >= 11 is 0. The molecule has 1 aromatic carbocycles. The van der Waals surface area contributed by atoms with E-state index in [1.54, 1.807) is 35.1 Å².